The molecule has 38 heavy (non-hydrogen) atoms. The van der Waals surface area contributed by atoms with Gasteiger partial charge >= 0.3 is 6.03 Å². The van der Waals surface area contributed by atoms with Gasteiger partial charge in [0.1, 0.15) is 0 Å². The molecule has 0 aliphatic carbocycles. The van der Waals surface area contributed by atoms with Crippen LogP contribution in [0.3, 0.4) is 0 Å². The zero-order valence-electron chi connectivity index (χ0n) is 22.7. The van der Waals surface area contributed by atoms with Gasteiger partial charge in [0.25, 0.3) is 0 Å². The van der Waals surface area contributed by atoms with Gasteiger partial charge < -0.3 is 49.1 Å². The summed E-state index contributed by atoms with van der Waals surface area (Å²) in [5.41, 5.74) is 0. The van der Waals surface area contributed by atoms with Crippen LogP contribution in [0.5, 0.6) is 0 Å². The lowest BCUT2D eigenvalue weighted by molar-refractivity contribution is -0.121. The number of carbonyl (C=O) groups excluding carboxylic acids is 2. The molecule has 13 heteroatoms. The van der Waals surface area contributed by atoms with E-state index >= 15 is 0 Å². The van der Waals surface area contributed by atoms with Crippen molar-refractivity contribution in [3.8, 4) is 0 Å². The lowest BCUT2D eigenvalue weighted by atomic mass is 10.0. The Bertz CT molecular complexity index is 621. The van der Waals surface area contributed by atoms with Crippen molar-refractivity contribution in [2.45, 2.75) is 43.0 Å². The lowest BCUT2D eigenvalue weighted by Crippen LogP contribution is -2.36. The molecule has 0 saturated carbocycles. The monoisotopic (exact) mass is 565 g/mol. The van der Waals surface area contributed by atoms with Gasteiger partial charge in [-0.05, 0) is 12.8 Å². The van der Waals surface area contributed by atoms with Crippen LogP contribution in [0.4, 0.5) is 4.79 Å². The van der Waals surface area contributed by atoms with Crippen molar-refractivity contribution in [1.82, 2.24) is 16.0 Å². The number of rotatable bonds is 26. The van der Waals surface area contributed by atoms with Gasteiger partial charge in [0.05, 0.1) is 98.0 Å². The van der Waals surface area contributed by atoms with Crippen LogP contribution in [-0.4, -0.2) is 135 Å². The van der Waals surface area contributed by atoms with E-state index in [2.05, 4.69) is 16.0 Å². The summed E-state index contributed by atoms with van der Waals surface area (Å²) in [6, 6.07) is 0.429. The van der Waals surface area contributed by atoms with E-state index in [0.717, 1.165) is 25.0 Å². The predicted molar refractivity (Wildman–Crippen MR) is 144 cm³/mol. The Morgan fingerprint density at radius 2 is 1.32 bits per heavy atom. The van der Waals surface area contributed by atoms with Crippen LogP contribution in [-0.2, 0) is 38.0 Å². The fraction of sp³-hybridized carbons (Fsp3) is 0.920. The van der Waals surface area contributed by atoms with Crippen LogP contribution in [0.1, 0.15) is 25.7 Å². The van der Waals surface area contributed by atoms with Gasteiger partial charge in [0.2, 0.25) is 5.91 Å². The molecule has 0 aromatic carbocycles. The zero-order chi connectivity index (χ0) is 27.1. The lowest BCUT2D eigenvalue weighted by Gasteiger charge is -2.16. The van der Waals surface area contributed by atoms with Gasteiger partial charge in [-0.25, -0.2) is 4.79 Å². The number of nitrogens with one attached hydrogen (secondary N) is 3. The summed E-state index contributed by atoms with van der Waals surface area (Å²) in [4.78, 5) is 23.4. The number of hydrogen-bond donors (Lipinski definition) is 3. The van der Waals surface area contributed by atoms with E-state index in [9.17, 15) is 9.59 Å². The molecule has 2 saturated heterocycles. The first-order valence-corrected chi connectivity index (χ1v) is 14.7. The number of urea groups is 1. The topological polar surface area (TPSA) is 135 Å². The van der Waals surface area contributed by atoms with Crippen molar-refractivity contribution in [2.24, 2.45) is 0 Å². The minimum Gasteiger partial charge on any atom is -0.382 e. The molecule has 12 nitrogen and oxygen atoms in total. The number of methoxy groups -OCH3 is 1. The third-order valence-electron chi connectivity index (χ3n) is 5.94. The number of amides is 3. The summed E-state index contributed by atoms with van der Waals surface area (Å²) in [5.74, 6) is 1.02. The molecule has 0 unspecified atom stereocenters. The number of ether oxygens (including phenoxy) is 7. The molecule has 0 aromatic heterocycles. The molecule has 3 N–H and O–H groups in total. The van der Waals surface area contributed by atoms with Crippen molar-refractivity contribution < 1.29 is 42.7 Å². The van der Waals surface area contributed by atoms with Crippen LogP contribution in [0, 0.1) is 0 Å². The van der Waals surface area contributed by atoms with Crippen molar-refractivity contribution in [1.29, 1.82) is 0 Å². The second-order valence-electron chi connectivity index (χ2n) is 8.88. The fourth-order valence-electron chi connectivity index (χ4n) is 3.97. The van der Waals surface area contributed by atoms with Crippen molar-refractivity contribution in [3.63, 3.8) is 0 Å². The Hall–Kier alpha value is -1.19. The second-order valence-corrected chi connectivity index (χ2v) is 10.2. The summed E-state index contributed by atoms with van der Waals surface area (Å²) < 4.78 is 37.4. The van der Waals surface area contributed by atoms with Crippen LogP contribution in [0.2, 0.25) is 0 Å². The molecule has 2 heterocycles. The molecule has 3 atom stereocenters. The van der Waals surface area contributed by atoms with Crippen molar-refractivity contribution >= 4 is 23.7 Å². The number of thioether (sulfide) groups is 1. The van der Waals surface area contributed by atoms with E-state index in [4.69, 9.17) is 33.2 Å². The van der Waals surface area contributed by atoms with Crippen molar-refractivity contribution in [3.05, 3.63) is 0 Å². The third-order valence-corrected chi connectivity index (χ3v) is 7.45. The summed E-state index contributed by atoms with van der Waals surface area (Å²) in [5, 5.41) is 9.28. The van der Waals surface area contributed by atoms with Crippen molar-refractivity contribution in [2.75, 3.05) is 105 Å². The highest BCUT2D eigenvalue weighted by atomic mass is 32.2. The highest BCUT2D eigenvalue weighted by Gasteiger charge is 2.42. The molecular weight excluding hydrogens is 518 g/mol. The van der Waals surface area contributed by atoms with Gasteiger partial charge in [-0.3, -0.25) is 4.79 Å². The van der Waals surface area contributed by atoms with E-state index in [-0.39, 0.29) is 24.0 Å². The Kier molecular flexibility index (Phi) is 19.6. The van der Waals surface area contributed by atoms with E-state index in [1.165, 1.54) is 0 Å². The standard InChI is InChI=1S/C25H47N3O9S/c1-31-8-9-33-12-13-35-16-17-37-19-18-36-15-14-34-11-10-32-7-6-26-23(29)5-3-2-4-22-24-21(20-38-22)27-25(30)28-24/h21-22,24H,2-20H2,1H3,(H,26,29)(H2,27,28,30)/t21-,22-,24-/m0/s1. The summed E-state index contributed by atoms with van der Waals surface area (Å²) in [7, 11) is 1.64. The molecule has 3 amide bonds. The molecule has 2 aliphatic rings. The maximum absolute atomic E-state index is 12.0. The number of carbonyl (C=O) groups is 2. The number of unbranched alkanes of at least 4 members (excludes halogenated alkanes) is 1. The Morgan fingerprint density at radius 1 is 0.789 bits per heavy atom. The second kappa shape index (κ2) is 22.6. The van der Waals surface area contributed by atoms with Gasteiger partial charge in [0, 0.05) is 31.1 Å². The first-order chi connectivity index (χ1) is 18.7. The number of hydrogen-bond acceptors (Lipinski definition) is 10. The van der Waals surface area contributed by atoms with E-state index in [1.54, 1.807) is 7.11 Å². The van der Waals surface area contributed by atoms with Crippen LogP contribution < -0.4 is 16.0 Å². The summed E-state index contributed by atoms with van der Waals surface area (Å²) in [6.45, 7) is 7.26. The Labute approximate surface area is 230 Å². The first kappa shape index (κ1) is 33.0. The van der Waals surface area contributed by atoms with Gasteiger partial charge in [-0.1, -0.05) is 6.42 Å². The molecule has 0 aromatic rings. The maximum Gasteiger partial charge on any atom is 0.315 e. The smallest absolute Gasteiger partial charge is 0.315 e. The molecule has 2 aliphatic heterocycles. The quantitative estimate of drug-likeness (QED) is 0.101. The van der Waals surface area contributed by atoms with E-state index in [0.29, 0.717) is 104 Å². The fourth-order valence-corrected chi connectivity index (χ4v) is 5.51. The molecular formula is C25H47N3O9S. The Morgan fingerprint density at radius 3 is 1.87 bits per heavy atom. The first-order valence-electron chi connectivity index (χ1n) is 13.6. The summed E-state index contributed by atoms with van der Waals surface area (Å²) in [6.07, 6.45) is 3.37. The van der Waals surface area contributed by atoms with Gasteiger partial charge in [-0.15, -0.1) is 0 Å². The van der Waals surface area contributed by atoms with E-state index < -0.39 is 0 Å². The molecule has 2 rings (SSSR count). The highest BCUT2D eigenvalue weighted by Crippen LogP contribution is 2.33. The molecule has 0 bridgehead atoms. The molecule has 222 valence electrons. The SMILES string of the molecule is COCCOCCOCCOCCOCCOCCOCCNC(=O)CCCC[C@@H]1SC[C@@H]2NC(=O)N[C@@H]21. The minimum absolute atomic E-state index is 0.0506. The van der Waals surface area contributed by atoms with Crippen LogP contribution in [0.25, 0.3) is 0 Å². The maximum atomic E-state index is 12.0. The average molecular weight is 566 g/mol. The molecule has 0 spiro atoms. The van der Waals surface area contributed by atoms with Gasteiger partial charge in [-0.2, -0.15) is 11.8 Å². The third kappa shape index (κ3) is 16.0. The normalized spacial score (nSPS) is 20.3. The minimum atomic E-state index is -0.0559. The van der Waals surface area contributed by atoms with Crippen LogP contribution in [0.15, 0.2) is 0 Å². The van der Waals surface area contributed by atoms with Crippen LogP contribution >= 0.6 is 11.8 Å². The predicted octanol–water partition coefficient (Wildman–Crippen LogP) is 0.574. The molecule has 2 fully saturated rings. The largest absolute Gasteiger partial charge is 0.382 e. The van der Waals surface area contributed by atoms with E-state index in [1.807, 2.05) is 11.8 Å². The summed E-state index contributed by atoms with van der Waals surface area (Å²) >= 11 is 1.91. The highest BCUT2D eigenvalue weighted by molar-refractivity contribution is 8.00. The van der Waals surface area contributed by atoms with Gasteiger partial charge in [0.15, 0.2) is 0 Å². The zero-order valence-corrected chi connectivity index (χ0v) is 23.6. The average Bonchev–Trinajstić information content (AvgIpc) is 3.46. The Balaban J connectivity index is 1.22. The number of fused-ring (bicyclic) bond motifs is 1. The molecule has 0 radical (unpaired) electrons.